The number of hydrogen-bond acceptors (Lipinski definition) is 4. The zero-order chi connectivity index (χ0) is 11.5. The van der Waals surface area contributed by atoms with E-state index in [-0.39, 0.29) is 0 Å². The fraction of sp³-hybridized carbons (Fsp3) is 0.100. The molecule has 0 unspecified atom stereocenters. The van der Waals surface area contributed by atoms with Gasteiger partial charge in [-0.15, -0.1) is 11.7 Å². The van der Waals surface area contributed by atoms with Gasteiger partial charge in [0.15, 0.2) is 0 Å². The van der Waals surface area contributed by atoms with E-state index in [2.05, 4.69) is 21.7 Å². The number of nitrogens with zero attached hydrogens (tertiary/aromatic N) is 3. The zero-order valence-corrected chi connectivity index (χ0v) is 8.33. The van der Waals surface area contributed by atoms with E-state index in [1.807, 2.05) is 6.07 Å². The maximum Gasteiger partial charge on any atom is 0.532 e. The summed E-state index contributed by atoms with van der Waals surface area (Å²) in [6.07, 6.45) is 0.954. The molecule has 6 nitrogen and oxygen atoms in total. The van der Waals surface area contributed by atoms with Crippen molar-refractivity contribution in [3.63, 3.8) is 0 Å². The first-order chi connectivity index (χ1) is 7.72. The number of allylic oxidation sites excluding steroid dienone is 1. The lowest BCUT2D eigenvalue weighted by molar-refractivity contribution is 0.0708. The van der Waals surface area contributed by atoms with Gasteiger partial charge >= 0.3 is 6.16 Å². The van der Waals surface area contributed by atoms with Crippen molar-refractivity contribution >= 4 is 17.2 Å². The second-order valence-electron chi connectivity index (χ2n) is 3.10. The van der Waals surface area contributed by atoms with E-state index in [1.54, 1.807) is 18.2 Å². The average Bonchev–Trinajstić information content (AvgIpc) is 2.63. The van der Waals surface area contributed by atoms with Gasteiger partial charge in [0.25, 0.3) is 0 Å². The second kappa shape index (κ2) is 4.01. The molecular weight excluding hydrogens is 210 g/mol. The summed E-state index contributed by atoms with van der Waals surface area (Å²) in [5.41, 5.74) is 2.05. The Morgan fingerprint density at radius 1 is 1.62 bits per heavy atom. The highest BCUT2D eigenvalue weighted by Gasteiger charge is 2.10. The molecule has 0 atom stereocenters. The molecule has 0 aliphatic carbocycles. The molecule has 2 aromatic rings. The van der Waals surface area contributed by atoms with E-state index < -0.39 is 6.16 Å². The lowest BCUT2D eigenvalue weighted by atomic mass is 10.1. The van der Waals surface area contributed by atoms with E-state index in [9.17, 15) is 4.79 Å². The molecule has 2 rings (SSSR count). The van der Waals surface area contributed by atoms with Gasteiger partial charge in [0.2, 0.25) is 0 Å². The summed E-state index contributed by atoms with van der Waals surface area (Å²) in [4.78, 5) is 15.7. The Hall–Kier alpha value is -2.37. The summed E-state index contributed by atoms with van der Waals surface area (Å²) in [6, 6.07) is 5.35. The van der Waals surface area contributed by atoms with Crippen LogP contribution in [-0.2, 0) is 6.42 Å². The van der Waals surface area contributed by atoms with Crippen LogP contribution in [0, 0.1) is 0 Å². The van der Waals surface area contributed by atoms with Crippen LogP contribution in [0.5, 0.6) is 0 Å². The number of benzene rings is 1. The molecule has 1 heterocycles. The molecule has 0 saturated carbocycles. The molecule has 0 spiro atoms. The molecule has 0 amide bonds. The SMILES string of the molecule is C=CCc1cccc2c1nnn2OC(=O)O. The van der Waals surface area contributed by atoms with Crippen LogP contribution in [0.4, 0.5) is 4.79 Å². The predicted octanol–water partition coefficient (Wildman–Crippen LogP) is 1.27. The maximum atomic E-state index is 10.4. The maximum absolute atomic E-state index is 10.4. The molecule has 6 heteroatoms. The highest BCUT2D eigenvalue weighted by Crippen LogP contribution is 2.15. The van der Waals surface area contributed by atoms with Crippen LogP contribution in [0.1, 0.15) is 5.56 Å². The molecule has 0 aliphatic heterocycles. The van der Waals surface area contributed by atoms with Crippen molar-refractivity contribution in [2.24, 2.45) is 0 Å². The summed E-state index contributed by atoms with van der Waals surface area (Å²) in [7, 11) is 0. The quantitative estimate of drug-likeness (QED) is 0.621. The van der Waals surface area contributed by atoms with Crippen molar-refractivity contribution in [1.82, 2.24) is 15.2 Å². The van der Waals surface area contributed by atoms with Gasteiger partial charge in [0, 0.05) is 0 Å². The first-order valence-corrected chi connectivity index (χ1v) is 4.58. The summed E-state index contributed by atoms with van der Waals surface area (Å²) in [5, 5.41) is 16.0. The fourth-order valence-corrected chi connectivity index (χ4v) is 1.44. The third-order valence-corrected chi connectivity index (χ3v) is 2.06. The Bertz CT molecular complexity index is 547. The van der Waals surface area contributed by atoms with Gasteiger partial charge in [-0.2, -0.15) is 0 Å². The molecule has 1 aromatic heterocycles. The van der Waals surface area contributed by atoms with Gasteiger partial charge in [0.1, 0.15) is 11.0 Å². The van der Waals surface area contributed by atoms with Crippen molar-refractivity contribution in [3.05, 3.63) is 36.4 Å². The number of rotatable bonds is 3. The van der Waals surface area contributed by atoms with E-state index in [4.69, 9.17) is 5.11 Å². The largest absolute Gasteiger partial charge is 0.532 e. The van der Waals surface area contributed by atoms with Gasteiger partial charge in [0.05, 0.1) is 0 Å². The third-order valence-electron chi connectivity index (χ3n) is 2.06. The standard InChI is InChI=1S/C10H9N3O3/c1-2-4-7-5-3-6-8-9(7)11-12-13(8)16-10(14)15/h2-3,5-6H,1,4H2,(H,14,15). The van der Waals surface area contributed by atoms with Gasteiger partial charge in [-0.3, -0.25) is 4.84 Å². The van der Waals surface area contributed by atoms with E-state index in [0.717, 1.165) is 10.4 Å². The van der Waals surface area contributed by atoms with Gasteiger partial charge in [-0.05, 0) is 23.3 Å². The minimum atomic E-state index is -1.43. The van der Waals surface area contributed by atoms with E-state index in [0.29, 0.717) is 17.5 Å². The summed E-state index contributed by atoms with van der Waals surface area (Å²) < 4.78 is 0. The van der Waals surface area contributed by atoms with Gasteiger partial charge < -0.3 is 5.11 Å². The Morgan fingerprint density at radius 3 is 3.12 bits per heavy atom. The lowest BCUT2D eigenvalue weighted by Gasteiger charge is -1.99. The molecule has 0 bridgehead atoms. The first-order valence-electron chi connectivity index (χ1n) is 4.58. The molecule has 82 valence electrons. The van der Waals surface area contributed by atoms with Crippen LogP contribution < -0.4 is 4.84 Å². The second-order valence-corrected chi connectivity index (χ2v) is 3.10. The van der Waals surface area contributed by atoms with Crippen LogP contribution in [0.15, 0.2) is 30.9 Å². The Morgan fingerprint density at radius 2 is 2.44 bits per heavy atom. The number of carbonyl (C=O) groups is 1. The minimum Gasteiger partial charge on any atom is -0.448 e. The zero-order valence-electron chi connectivity index (χ0n) is 8.33. The van der Waals surface area contributed by atoms with Crippen molar-refractivity contribution in [2.75, 3.05) is 0 Å². The Labute approximate surface area is 90.7 Å². The van der Waals surface area contributed by atoms with Gasteiger partial charge in [-0.25, -0.2) is 4.79 Å². The topological polar surface area (TPSA) is 77.2 Å². The number of hydrogen-bond donors (Lipinski definition) is 1. The lowest BCUT2D eigenvalue weighted by Crippen LogP contribution is -2.18. The summed E-state index contributed by atoms with van der Waals surface area (Å²) in [5.74, 6) is 0. The molecular formula is C10H9N3O3. The monoisotopic (exact) mass is 219 g/mol. The normalized spacial score (nSPS) is 10.2. The molecule has 1 N–H and O–H groups in total. The van der Waals surface area contributed by atoms with Crippen LogP contribution in [0.25, 0.3) is 11.0 Å². The van der Waals surface area contributed by atoms with Crippen molar-refractivity contribution in [3.8, 4) is 0 Å². The van der Waals surface area contributed by atoms with Crippen molar-refractivity contribution in [1.29, 1.82) is 0 Å². The molecule has 0 saturated heterocycles. The summed E-state index contributed by atoms with van der Waals surface area (Å²) >= 11 is 0. The number of fused-ring (bicyclic) bond motifs is 1. The summed E-state index contributed by atoms with van der Waals surface area (Å²) in [6.45, 7) is 3.64. The fourth-order valence-electron chi connectivity index (χ4n) is 1.44. The van der Waals surface area contributed by atoms with E-state index in [1.165, 1.54) is 0 Å². The molecule has 1 aromatic carbocycles. The van der Waals surface area contributed by atoms with Crippen LogP contribution in [0.2, 0.25) is 0 Å². The van der Waals surface area contributed by atoms with Crippen LogP contribution in [0.3, 0.4) is 0 Å². The molecule has 0 radical (unpaired) electrons. The number of carboxylic acid groups (broad SMARTS) is 1. The van der Waals surface area contributed by atoms with E-state index >= 15 is 0 Å². The van der Waals surface area contributed by atoms with Crippen LogP contribution >= 0.6 is 0 Å². The van der Waals surface area contributed by atoms with Crippen LogP contribution in [-0.4, -0.2) is 26.4 Å². The molecule has 0 fully saturated rings. The highest BCUT2D eigenvalue weighted by atomic mass is 16.8. The van der Waals surface area contributed by atoms with Crippen molar-refractivity contribution < 1.29 is 14.7 Å². The molecule has 16 heavy (non-hydrogen) atoms. The number of aromatic nitrogens is 3. The predicted molar refractivity (Wildman–Crippen MR) is 56.0 cm³/mol. The molecule has 0 aliphatic rings. The Kier molecular flexibility index (Phi) is 2.55. The third kappa shape index (κ3) is 1.72. The minimum absolute atomic E-state index is 0.516. The van der Waals surface area contributed by atoms with Crippen molar-refractivity contribution in [2.45, 2.75) is 6.42 Å². The average molecular weight is 219 g/mol. The highest BCUT2D eigenvalue weighted by molar-refractivity contribution is 5.78. The Balaban J connectivity index is 2.52. The smallest absolute Gasteiger partial charge is 0.448 e. The first kappa shape index (κ1) is 10.2. The van der Waals surface area contributed by atoms with Gasteiger partial charge in [-0.1, -0.05) is 23.1 Å².